The number of rotatable bonds is 2. The number of nitrogens with zero attached hydrogens (tertiary/aromatic N) is 2. The van der Waals surface area contributed by atoms with E-state index < -0.39 is 0 Å². The van der Waals surface area contributed by atoms with E-state index in [0.717, 1.165) is 50.1 Å². The fourth-order valence-electron chi connectivity index (χ4n) is 3.98. The Labute approximate surface area is 142 Å². The van der Waals surface area contributed by atoms with Crippen LogP contribution >= 0.6 is 0 Å². The Morgan fingerprint density at radius 3 is 3.00 bits per heavy atom. The van der Waals surface area contributed by atoms with Crippen LogP contribution in [-0.4, -0.2) is 22.6 Å². The van der Waals surface area contributed by atoms with Gasteiger partial charge in [0.25, 0.3) is 0 Å². The van der Waals surface area contributed by atoms with Crippen LogP contribution in [0.15, 0.2) is 34.9 Å². The van der Waals surface area contributed by atoms with E-state index in [9.17, 15) is 4.79 Å². The van der Waals surface area contributed by atoms with Gasteiger partial charge in [0, 0.05) is 12.6 Å². The van der Waals surface area contributed by atoms with E-state index in [-0.39, 0.29) is 18.1 Å². The van der Waals surface area contributed by atoms with Gasteiger partial charge in [-0.05, 0) is 50.2 Å². The van der Waals surface area contributed by atoms with Crippen molar-refractivity contribution in [2.24, 2.45) is 0 Å². The predicted octanol–water partition coefficient (Wildman–Crippen LogP) is 3.91. The van der Waals surface area contributed by atoms with Gasteiger partial charge >= 0.3 is 6.03 Å². The van der Waals surface area contributed by atoms with Gasteiger partial charge in [0.15, 0.2) is 5.76 Å². The highest BCUT2D eigenvalue weighted by atomic mass is 16.5. The van der Waals surface area contributed by atoms with Crippen LogP contribution in [-0.2, 0) is 6.42 Å². The summed E-state index contributed by atoms with van der Waals surface area (Å²) in [6, 6.07) is 10.5. The second kappa shape index (κ2) is 6.30. The smallest absolute Gasteiger partial charge is 0.318 e. The lowest BCUT2D eigenvalue weighted by molar-refractivity contribution is 0.177. The van der Waals surface area contributed by atoms with E-state index in [2.05, 4.69) is 34.7 Å². The third-order valence-corrected chi connectivity index (χ3v) is 5.16. The second-order valence-corrected chi connectivity index (χ2v) is 6.82. The number of hydrogen-bond donors (Lipinski definition) is 1. The molecule has 1 aromatic carbocycles. The summed E-state index contributed by atoms with van der Waals surface area (Å²) in [7, 11) is 0. The van der Waals surface area contributed by atoms with Crippen LogP contribution in [0.5, 0.6) is 0 Å². The predicted molar refractivity (Wildman–Crippen MR) is 90.6 cm³/mol. The molecule has 1 saturated heterocycles. The third-order valence-electron chi connectivity index (χ3n) is 5.16. The van der Waals surface area contributed by atoms with Gasteiger partial charge in [-0.3, -0.25) is 0 Å². The van der Waals surface area contributed by atoms with Crippen molar-refractivity contribution in [2.75, 3.05) is 6.54 Å². The maximum atomic E-state index is 12.9. The van der Waals surface area contributed by atoms with Gasteiger partial charge in [-0.25, -0.2) is 4.79 Å². The molecule has 0 unspecified atom stereocenters. The lowest BCUT2D eigenvalue weighted by Crippen LogP contribution is -2.42. The zero-order valence-corrected chi connectivity index (χ0v) is 14.0. The minimum Gasteiger partial charge on any atom is -0.359 e. The average molecular weight is 325 g/mol. The number of amides is 2. The van der Waals surface area contributed by atoms with E-state index in [1.807, 2.05) is 17.9 Å². The quantitative estimate of drug-likeness (QED) is 0.911. The van der Waals surface area contributed by atoms with Crippen LogP contribution in [0, 0.1) is 6.92 Å². The summed E-state index contributed by atoms with van der Waals surface area (Å²) in [4.78, 5) is 14.8. The number of carbonyl (C=O) groups excluding carboxylic acids is 1. The minimum atomic E-state index is 0.00466. The Morgan fingerprint density at radius 1 is 1.29 bits per heavy atom. The SMILES string of the molecule is Cc1cc([C@@H]2CCCN2C(=O)N[C@@H]2CCCc3ccccc32)on1. The number of carbonyl (C=O) groups is 1. The Balaban J connectivity index is 1.50. The molecular weight excluding hydrogens is 302 g/mol. The Kier molecular flexibility index (Phi) is 4.00. The summed E-state index contributed by atoms with van der Waals surface area (Å²) in [6.07, 6.45) is 5.16. The molecule has 2 aliphatic rings. The third kappa shape index (κ3) is 2.79. The molecule has 1 N–H and O–H groups in total. The monoisotopic (exact) mass is 325 g/mol. The molecule has 0 spiro atoms. The lowest BCUT2D eigenvalue weighted by Gasteiger charge is -2.30. The van der Waals surface area contributed by atoms with Gasteiger partial charge in [0.05, 0.1) is 17.8 Å². The van der Waals surface area contributed by atoms with Crippen LogP contribution < -0.4 is 5.32 Å². The van der Waals surface area contributed by atoms with E-state index >= 15 is 0 Å². The molecule has 24 heavy (non-hydrogen) atoms. The fraction of sp³-hybridized carbons (Fsp3) is 0.474. The number of hydrogen-bond acceptors (Lipinski definition) is 3. The first kappa shape index (κ1) is 15.2. The number of urea groups is 1. The van der Waals surface area contributed by atoms with Crippen molar-refractivity contribution >= 4 is 6.03 Å². The summed E-state index contributed by atoms with van der Waals surface area (Å²) in [5.74, 6) is 0.796. The van der Waals surface area contributed by atoms with E-state index in [1.165, 1.54) is 11.1 Å². The molecule has 2 amide bonds. The molecule has 1 aromatic heterocycles. The van der Waals surface area contributed by atoms with Crippen molar-refractivity contribution in [1.82, 2.24) is 15.4 Å². The first-order valence-electron chi connectivity index (χ1n) is 8.80. The largest absolute Gasteiger partial charge is 0.359 e. The van der Waals surface area contributed by atoms with Gasteiger partial charge in [-0.15, -0.1) is 0 Å². The van der Waals surface area contributed by atoms with Crippen LogP contribution in [0.25, 0.3) is 0 Å². The highest BCUT2D eigenvalue weighted by Crippen LogP contribution is 2.34. The molecular formula is C19H23N3O2. The lowest BCUT2D eigenvalue weighted by atomic mass is 9.88. The summed E-state index contributed by atoms with van der Waals surface area (Å²) < 4.78 is 5.40. The first-order valence-corrected chi connectivity index (χ1v) is 8.80. The molecule has 5 heteroatoms. The molecule has 4 rings (SSSR count). The van der Waals surface area contributed by atoms with Gasteiger partial charge in [-0.1, -0.05) is 29.4 Å². The fourth-order valence-corrected chi connectivity index (χ4v) is 3.98. The van der Waals surface area contributed by atoms with E-state index in [1.54, 1.807) is 0 Å². The number of benzene rings is 1. The molecule has 1 fully saturated rings. The molecule has 0 bridgehead atoms. The maximum absolute atomic E-state index is 12.9. The first-order chi connectivity index (χ1) is 11.7. The molecule has 0 saturated carbocycles. The standard InChI is InChI=1S/C19H23N3O2/c1-13-12-18(24-21-13)17-10-5-11-22(17)19(23)20-16-9-4-7-14-6-2-3-8-15(14)16/h2-3,6,8,12,16-17H,4-5,7,9-11H2,1H3,(H,20,23)/t16-,17+/m1/s1. The molecule has 2 atom stereocenters. The van der Waals surface area contributed by atoms with E-state index in [0.29, 0.717) is 0 Å². The minimum absolute atomic E-state index is 0.00466. The van der Waals surface area contributed by atoms with Crippen molar-refractivity contribution in [1.29, 1.82) is 0 Å². The number of aryl methyl sites for hydroxylation is 2. The topological polar surface area (TPSA) is 58.4 Å². The highest BCUT2D eigenvalue weighted by molar-refractivity contribution is 5.75. The number of likely N-dealkylation sites (tertiary alicyclic amines) is 1. The molecule has 0 radical (unpaired) electrons. The van der Waals surface area contributed by atoms with Gasteiger partial charge in [0.2, 0.25) is 0 Å². The molecule has 1 aliphatic heterocycles. The number of aromatic nitrogens is 1. The normalized spacial score (nSPS) is 23.1. The van der Waals surface area contributed by atoms with Crippen LogP contribution in [0.4, 0.5) is 4.79 Å². The van der Waals surface area contributed by atoms with Gasteiger partial charge in [-0.2, -0.15) is 0 Å². The zero-order chi connectivity index (χ0) is 16.5. The number of nitrogens with one attached hydrogen (secondary N) is 1. The Bertz CT molecular complexity index is 740. The van der Waals surface area contributed by atoms with Crippen LogP contribution in [0.2, 0.25) is 0 Å². The average Bonchev–Trinajstić information content (AvgIpc) is 3.24. The summed E-state index contributed by atoms with van der Waals surface area (Å²) in [5.41, 5.74) is 3.49. The van der Waals surface area contributed by atoms with Gasteiger partial charge < -0.3 is 14.7 Å². The van der Waals surface area contributed by atoms with Crippen molar-refractivity contribution in [2.45, 2.75) is 51.1 Å². The Morgan fingerprint density at radius 2 is 2.17 bits per heavy atom. The van der Waals surface area contributed by atoms with Crippen LogP contribution in [0.1, 0.15) is 60.3 Å². The highest BCUT2D eigenvalue weighted by Gasteiger charge is 2.34. The van der Waals surface area contributed by atoms with Gasteiger partial charge in [0.1, 0.15) is 0 Å². The molecule has 2 aromatic rings. The molecule has 126 valence electrons. The summed E-state index contributed by atoms with van der Waals surface area (Å²) in [6.45, 7) is 2.68. The molecule has 2 heterocycles. The molecule has 1 aliphatic carbocycles. The van der Waals surface area contributed by atoms with Crippen molar-refractivity contribution in [3.8, 4) is 0 Å². The van der Waals surface area contributed by atoms with Crippen molar-refractivity contribution in [3.63, 3.8) is 0 Å². The van der Waals surface area contributed by atoms with Crippen molar-refractivity contribution in [3.05, 3.63) is 52.9 Å². The second-order valence-electron chi connectivity index (χ2n) is 6.82. The zero-order valence-electron chi connectivity index (χ0n) is 14.0. The number of fused-ring (bicyclic) bond motifs is 1. The van der Waals surface area contributed by atoms with Crippen molar-refractivity contribution < 1.29 is 9.32 Å². The summed E-state index contributed by atoms with van der Waals surface area (Å²) >= 11 is 0. The van der Waals surface area contributed by atoms with Crippen LogP contribution in [0.3, 0.4) is 0 Å². The Hall–Kier alpha value is -2.30. The van der Waals surface area contributed by atoms with E-state index in [4.69, 9.17) is 4.52 Å². The summed E-state index contributed by atoms with van der Waals surface area (Å²) in [5, 5.41) is 7.22. The maximum Gasteiger partial charge on any atom is 0.318 e. The molecule has 5 nitrogen and oxygen atoms in total.